The number of rotatable bonds is 6. The Balaban J connectivity index is 1.94. The molecule has 2 rings (SSSR count). The maximum absolute atomic E-state index is 12.2. The van der Waals surface area contributed by atoms with E-state index in [4.69, 9.17) is 9.47 Å². The molecule has 4 nitrogen and oxygen atoms in total. The van der Waals surface area contributed by atoms with Crippen molar-refractivity contribution >= 4 is 5.91 Å². The van der Waals surface area contributed by atoms with Gasteiger partial charge in [0.1, 0.15) is 0 Å². The molecule has 1 N–H and O–H groups in total. The monoisotopic (exact) mass is 269 g/mol. The van der Waals surface area contributed by atoms with Gasteiger partial charge in [0.2, 0.25) is 5.91 Å². The van der Waals surface area contributed by atoms with Gasteiger partial charge in [-0.25, -0.2) is 0 Å². The molecule has 1 aliphatic heterocycles. The van der Waals surface area contributed by atoms with Gasteiger partial charge in [0.15, 0.2) is 0 Å². The Morgan fingerprint density at radius 2 is 2.11 bits per heavy atom. The number of carbonyl (C=O) groups excluding carboxylic acids is 1. The summed E-state index contributed by atoms with van der Waals surface area (Å²) in [4.78, 5) is 12.2. The second-order valence-corrected chi connectivity index (χ2v) is 5.74. The Morgan fingerprint density at radius 1 is 1.37 bits per heavy atom. The predicted octanol–water partition coefficient (Wildman–Crippen LogP) is 2.12. The average Bonchev–Trinajstić information content (AvgIpc) is 2.93. The molecule has 0 aromatic heterocycles. The second kappa shape index (κ2) is 6.23. The number of carbonyl (C=O) groups is 1. The van der Waals surface area contributed by atoms with Crippen molar-refractivity contribution in [3.8, 4) is 0 Å². The third-order valence-corrected chi connectivity index (χ3v) is 5.09. The third kappa shape index (κ3) is 2.65. The lowest BCUT2D eigenvalue weighted by molar-refractivity contribution is -0.150. The van der Waals surface area contributed by atoms with Gasteiger partial charge in [-0.1, -0.05) is 13.8 Å². The van der Waals surface area contributed by atoms with E-state index >= 15 is 0 Å². The van der Waals surface area contributed by atoms with Crippen LogP contribution in [0.25, 0.3) is 0 Å². The van der Waals surface area contributed by atoms with E-state index in [1.807, 2.05) is 6.92 Å². The first-order chi connectivity index (χ1) is 9.17. The summed E-state index contributed by atoms with van der Waals surface area (Å²) in [6.45, 7) is 8.50. The highest BCUT2D eigenvalue weighted by molar-refractivity contribution is 5.79. The van der Waals surface area contributed by atoms with Gasteiger partial charge in [-0.3, -0.25) is 4.79 Å². The van der Waals surface area contributed by atoms with Crippen molar-refractivity contribution < 1.29 is 14.3 Å². The van der Waals surface area contributed by atoms with Gasteiger partial charge in [-0.2, -0.15) is 0 Å². The summed E-state index contributed by atoms with van der Waals surface area (Å²) in [5.41, 5.74) is 0.130. The van der Waals surface area contributed by atoms with Crippen molar-refractivity contribution in [1.29, 1.82) is 0 Å². The molecule has 1 amide bonds. The molecule has 2 fully saturated rings. The number of nitrogens with one attached hydrogen (secondary N) is 1. The summed E-state index contributed by atoms with van der Waals surface area (Å²) in [6.07, 6.45) is 4.23. The highest BCUT2D eigenvalue weighted by Crippen LogP contribution is 2.49. The Hall–Kier alpha value is -0.610. The molecule has 0 spiro atoms. The van der Waals surface area contributed by atoms with E-state index < -0.39 is 0 Å². The minimum atomic E-state index is 0.0533. The van der Waals surface area contributed by atoms with Gasteiger partial charge < -0.3 is 14.8 Å². The molecule has 0 aromatic carbocycles. The Kier molecular flexibility index (Phi) is 4.85. The number of amides is 1. The lowest BCUT2D eigenvalue weighted by Gasteiger charge is -2.55. The zero-order chi connectivity index (χ0) is 13.9. The quantitative estimate of drug-likeness (QED) is 0.803. The second-order valence-electron chi connectivity index (χ2n) is 5.74. The van der Waals surface area contributed by atoms with Crippen molar-refractivity contribution in [2.75, 3.05) is 19.8 Å². The normalized spacial score (nSPS) is 32.9. The van der Waals surface area contributed by atoms with E-state index in [1.165, 1.54) is 0 Å². The van der Waals surface area contributed by atoms with E-state index in [1.54, 1.807) is 0 Å². The predicted molar refractivity (Wildman–Crippen MR) is 73.9 cm³/mol. The van der Waals surface area contributed by atoms with Crippen LogP contribution in [0.5, 0.6) is 0 Å². The summed E-state index contributed by atoms with van der Waals surface area (Å²) >= 11 is 0. The molecular weight excluding hydrogens is 242 g/mol. The summed E-state index contributed by atoms with van der Waals surface area (Å²) in [6, 6.07) is 0.271. The fourth-order valence-corrected chi connectivity index (χ4v) is 3.61. The fourth-order valence-electron chi connectivity index (χ4n) is 3.61. The van der Waals surface area contributed by atoms with Crippen molar-refractivity contribution in [2.24, 2.45) is 11.3 Å². The molecule has 2 aliphatic rings. The SMILES string of the molecule is CCO[C@@H]1C[C@H](NC(=O)[C@@H]2CCOC2)C1(CC)CC. The van der Waals surface area contributed by atoms with Crippen LogP contribution in [0.1, 0.15) is 46.5 Å². The summed E-state index contributed by atoms with van der Waals surface area (Å²) in [5, 5.41) is 3.24. The maximum atomic E-state index is 12.2. The zero-order valence-corrected chi connectivity index (χ0v) is 12.4. The minimum absolute atomic E-state index is 0.0533. The molecule has 3 atom stereocenters. The average molecular weight is 269 g/mol. The first-order valence-corrected chi connectivity index (χ1v) is 7.67. The molecule has 1 saturated carbocycles. The third-order valence-electron chi connectivity index (χ3n) is 5.09. The van der Waals surface area contributed by atoms with Crippen LogP contribution in [0.3, 0.4) is 0 Å². The lowest BCUT2D eigenvalue weighted by atomic mass is 9.58. The molecule has 19 heavy (non-hydrogen) atoms. The number of hydrogen-bond acceptors (Lipinski definition) is 3. The van der Waals surface area contributed by atoms with E-state index in [-0.39, 0.29) is 23.3 Å². The Morgan fingerprint density at radius 3 is 2.63 bits per heavy atom. The molecule has 0 bridgehead atoms. The largest absolute Gasteiger partial charge is 0.381 e. The number of ether oxygens (including phenoxy) is 2. The maximum Gasteiger partial charge on any atom is 0.225 e. The molecule has 0 unspecified atom stereocenters. The first-order valence-electron chi connectivity index (χ1n) is 7.67. The van der Waals surface area contributed by atoms with Crippen LogP contribution >= 0.6 is 0 Å². The van der Waals surface area contributed by atoms with Gasteiger partial charge >= 0.3 is 0 Å². The Bertz CT molecular complexity index is 309. The first kappa shape index (κ1) is 14.8. The van der Waals surface area contributed by atoms with Crippen LogP contribution in [-0.2, 0) is 14.3 Å². The lowest BCUT2D eigenvalue weighted by Crippen LogP contribution is -2.65. The number of hydrogen-bond donors (Lipinski definition) is 1. The van der Waals surface area contributed by atoms with Crippen molar-refractivity contribution in [3.05, 3.63) is 0 Å². The van der Waals surface area contributed by atoms with E-state index in [0.29, 0.717) is 12.7 Å². The summed E-state index contributed by atoms with van der Waals surface area (Å²) < 4.78 is 11.1. The topological polar surface area (TPSA) is 47.6 Å². The molecule has 0 radical (unpaired) electrons. The van der Waals surface area contributed by atoms with E-state index in [9.17, 15) is 4.79 Å². The van der Waals surface area contributed by atoms with Gasteiger partial charge in [0, 0.05) is 24.7 Å². The molecule has 1 heterocycles. The van der Waals surface area contributed by atoms with Crippen LogP contribution in [0.15, 0.2) is 0 Å². The van der Waals surface area contributed by atoms with E-state index in [0.717, 1.165) is 38.9 Å². The van der Waals surface area contributed by atoms with E-state index in [2.05, 4.69) is 19.2 Å². The van der Waals surface area contributed by atoms with Crippen molar-refractivity contribution in [2.45, 2.75) is 58.6 Å². The van der Waals surface area contributed by atoms with Crippen molar-refractivity contribution in [3.63, 3.8) is 0 Å². The molecular formula is C15H27NO3. The Labute approximate surface area is 116 Å². The van der Waals surface area contributed by atoms with Gasteiger partial charge in [0.05, 0.1) is 18.6 Å². The van der Waals surface area contributed by atoms with Gasteiger partial charge in [-0.15, -0.1) is 0 Å². The van der Waals surface area contributed by atoms with Crippen LogP contribution in [0, 0.1) is 11.3 Å². The minimum Gasteiger partial charge on any atom is -0.381 e. The van der Waals surface area contributed by atoms with Crippen LogP contribution < -0.4 is 5.32 Å². The summed E-state index contributed by atoms with van der Waals surface area (Å²) in [5.74, 6) is 0.223. The zero-order valence-electron chi connectivity index (χ0n) is 12.4. The molecule has 110 valence electrons. The molecule has 4 heteroatoms. The van der Waals surface area contributed by atoms with Crippen LogP contribution in [0.2, 0.25) is 0 Å². The summed E-state index contributed by atoms with van der Waals surface area (Å²) in [7, 11) is 0. The van der Waals surface area contributed by atoms with Gasteiger partial charge in [0.25, 0.3) is 0 Å². The molecule has 1 saturated heterocycles. The molecule has 0 aromatic rings. The smallest absolute Gasteiger partial charge is 0.225 e. The molecule has 1 aliphatic carbocycles. The van der Waals surface area contributed by atoms with Gasteiger partial charge in [-0.05, 0) is 32.6 Å². The fraction of sp³-hybridized carbons (Fsp3) is 0.933. The van der Waals surface area contributed by atoms with Crippen LogP contribution in [-0.4, -0.2) is 37.9 Å². The standard InChI is InChI=1S/C15H27NO3/c1-4-15(5-2)12(9-13(15)19-6-3)16-14(17)11-7-8-18-10-11/h11-13H,4-10H2,1-3H3,(H,16,17)/t11-,12+,13-/m1/s1. The highest BCUT2D eigenvalue weighted by atomic mass is 16.5. The highest BCUT2D eigenvalue weighted by Gasteiger charge is 2.54. The van der Waals surface area contributed by atoms with Crippen molar-refractivity contribution in [1.82, 2.24) is 5.32 Å². The van der Waals surface area contributed by atoms with Crippen LogP contribution in [0.4, 0.5) is 0 Å².